The van der Waals surface area contributed by atoms with Crippen LogP contribution < -0.4 is 104 Å². The molecule has 0 saturated carbocycles. The average molecular weight is 1800 g/mol. The van der Waals surface area contributed by atoms with E-state index in [2.05, 4.69) is 0 Å². The molecule has 0 aromatic heterocycles. The highest BCUT2D eigenvalue weighted by atomic mass is 16.8. The molecule has 698 valence electrons. The molecule has 0 radical (unpaired) electrons. The quantitative estimate of drug-likeness (QED) is 0.0330. The number of rotatable bonds is 36. The van der Waals surface area contributed by atoms with Gasteiger partial charge in [-0.3, -0.25) is 0 Å². The maximum Gasteiger partial charge on any atom is 0.237 e. The van der Waals surface area contributed by atoms with Gasteiger partial charge in [-0.05, 0) is 121 Å². The van der Waals surface area contributed by atoms with Crippen LogP contribution >= 0.6 is 0 Å². The molecule has 10 aromatic rings. The monoisotopic (exact) mass is 1790 g/mol. The minimum Gasteiger partial charge on any atom is -0.497 e. The Morgan fingerprint density at radius 1 is 0.186 bits per heavy atom. The van der Waals surface area contributed by atoms with Crippen LogP contribution in [0.1, 0.15) is 55.6 Å². The summed E-state index contributed by atoms with van der Waals surface area (Å²) in [5.74, 6) is 7.16. The zero-order valence-corrected chi connectivity index (χ0v) is 78.0. The molecular weight excluding hydrogens is 1680 g/mol. The van der Waals surface area contributed by atoms with E-state index in [0.29, 0.717) is 188 Å². The molecule has 0 bridgehead atoms. The molecular formula is C97H118O32. The van der Waals surface area contributed by atoms with Gasteiger partial charge in [-0.2, -0.15) is 0 Å². The van der Waals surface area contributed by atoms with E-state index in [4.69, 9.17) is 152 Å². The van der Waals surface area contributed by atoms with Gasteiger partial charge in [-0.1, -0.05) is 0 Å². The summed E-state index contributed by atoms with van der Waals surface area (Å²) in [7, 11) is 41.2. The van der Waals surface area contributed by atoms with Gasteiger partial charge in [0.05, 0.1) is 218 Å². The summed E-state index contributed by atoms with van der Waals surface area (Å²) >= 11 is 0. The summed E-state index contributed by atoms with van der Waals surface area (Å²) in [6.45, 7) is 2.62. The van der Waals surface area contributed by atoms with Crippen LogP contribution in [0.2, 0.25) is 0 Å². The highest BCUT2D eigenvalue weighted by molar-refractivity contribution is 5.64. The Bertz CT molecular complexity index is 4680. The first-order valence-corrected chi connectivity index (χ1v) is 40.1. The molecule has 0 N–H and O–H groups in total. The number of hydrogen-bond acceptors (Lipinski definition) is 32. The minimum absolute atomic E-state index is 0.358. The van der Waals surface area contributed by atoms with E-state index in [0.717, 1.165) is 33.4 Å². The van der Waals surface area contributed by atoms with Crippen LogP contribution in [0.4, 0.5) is 0 Å². The molecule has 0 unspecified atom stereocenters. The van der Waals surface area contributed by atoms with Crippen molar-refractivity contribution in [2.45, 2.75) is 28.9 Å². The van der Waals surface area contributed by atoms with E-state index in [1.54, 1.807) is 233 Å². The molecule has 0 aliphatic carbocycles. The summed E-state index contributed by atoms with van der Waals surface area (Å²) in [5.41, 5.74) is 7.08. The second-order valence-electron chi connectivity index (χ2n) is 27.3. The van der Waals surface area contributed by atoms with Crippen LogP contribution in [-0.2, 0) is 76.3 Å². The Hall–Kier alpha value is -12.6. The van der Waals surface area contributed by atoms with E-state index in [1.807, 2.05) is 121 Å². The topological polar surface area (TPSA) is 295 Å². The predicted molar refractivity (Wildman–Crippen MR) is 476 cm³/mol. The van der Waals surface area contributed by atoms with Crippen LogP contribution in [0.3, 0.4) is 0 Å². The van der Waals surface area contributed by atoms with Crippen LogP contribution in [-0.4, -0.2) is 224 Å². The molecule has 0 spiro atoms. The van der Waals surface area contributed by atoms with E-state index in [-0.39, 0.29) is 0 Å². The fourth-order valence-corrected chi connectivity index (χ4v) is 15.1. The van der Waals surface area contributed by atoms with E-state index in [9.17, 15) is 0 Å². The van der Waals surface area contributed by atoms with Gasteiger partial charge < -0.3 is 152 Å². The summed E-state index contributed by atoms with van der Waals surface area (Å²) in [6, 6.07) is 51.1. The molecule has 0 atom stereocenters. The smallest absolute Gasteiger partial charge is 0.237 e. The Balaban J connectivity index is 0.000000182. The molecule has 3 fully saturated rings. The summed E-state index contributed by atoms with van der Waals surface area (Å²) < 4.78 is 179. The second-order valence-corrected chi connectivity index (χ2v) is 27.3. The van der Waals surface area contributed by atoms with Gasteiger partial charge in [0.1, 0.15) is 91.6 Å². The third-order valence-electron chi connectivity index (χ3n) is 21.4. The molecule has 3 aliphatic rings. The Labute approximate surface area is 753 Å². The molecule has 13 rings (SSSR count). The molecule has 129 heavy (non-hydrogen) atoms. The van der Waals surface area contributed by atoms with Gasteiger partial charge >= 0.3 is 0 Å². The van der Waals surface area contributed by atoms with Gasteiger partial charge in [-0.25, -0.2) is 0 Å². The normalized spacial score (nSPS) is 13.8. The fraction of sp³-hybridized carbons (Fsp3) is 0.381. The maximum absolute atomic E-state index is 6.21. The van der Waals surface area contributed by atoms with Gasteiger partial charge in [-0.15, -0.1) is 0 Å². The lowest BCUT2D eigenvalue weighted by Crippen LogP contribution is -2.33. The summed E-state index contributed by atoms with van der Waals surface area (Å²) in [5, 5.41) is 0. The lowest BCUT2D eigenvalue weighted by atomic mass is 9.93. The SMILES string of the molecule is COc1cc(OC)c(C2(c3c(OC)cc(OC)cc3OC)OCCO2)c(OC)c1.COc1ccc(C(OC)(OC)c2ccc(OC)c(OC)c2)cc1OC.COc1ccc(C(OC)(OC)c2ccc(OC)cc2OC)c(OC)c1.COc1ccc(C2(c3ccc(OC)c(OC)c3)OCCO2)cc1OC.COc1ccc(C2(c3ccc(OC)cc3OC)OCCO2)c(OC)c1. The number of benzene rings is 10. The zero-order valence-electron chi connectivity index (χ0n) is 78.0. The van der Waals surface area contributed by atoms with Crippen molar-refractivity contribution in [3.63, 3.8) is 0 Å². The van der Waals surface area contributed by atoms with Crippen molar-refractivity contribution in [3.05, 3.63) is 225 Å². The third kappa shape index (κ3) is 20.9. The third-order valence-corrected chi connectivity index (χ3v) is 21.4. The Morgan fingerprint density at radius 2 is 0.426 bits per heavy atom. The van der Waals surface area contributed by atoms with Gasteiger partial charge in [0.25, 0.3) is 0 Å². The lowest BCUT2D eigenvalue weighted by molar-refractivity contribution is -0.185. The molecule has 32 heteroatoms. The predicted octanol–water partition coefficient (Wildman–Crippen LogP) is 15.4. The van der Waals surface area contributed by atoms with Gasteiger partial charge in [0.2, 0.25) is 28.9 Å². The van der Waals surface area contributed by atoms with Crippen molar-refractivity contribution in [1.29, 1.82) is 0 Å². The van der Waals surface area contributed by atoms with E-state index in [1.165, 1.54) is 0 Å². The molecule has 10 aromatic carbocycles. The van der Waals surface area contributed by atoms with Gasteiger partial charge in [0.15, 0.2) is 46.0 Å². The molecule has 32 nitrogen and oxygen atoms in total. The zero-order chi connectivity index (χ0) is 93.6. The van der Waals surface area contributed by atoms with Crippen molar-refractivity contribution < 1.29 is 152 Å². The highest BCUT2D eigenvalue weighted by Gasteiger charge is 2.51. The van der Waals surface area contributed by atoms with Crippen molar-refractivity contribution in [2.24, 2.45) is 0 Å². The second kappa shape index (κ2) is 46.9. The maximum atomic E-state index is 6.21. The fourth-order valence-electron chi connectivity index (χ4n) is 15.1. The first kappa shape index (κ1) is 100. The van der Waals surface area contributed by atoms with Crippen molar-refractivity contribution in [1.82, 2.24) is 0 Å². The summed E-state index contributed by atoms with van der Waals surface area (Å²) in [4.78, 5) is 0. The average Bonchev–Trinajstić information content (AvgIpc) is 1.69. The standard InChI is InChI=1S/C21H26O8.2C19H22O6.2C19H24O6/c1-22-13-9-15(24-3)19(16(10-13)25-4)21(28-7-8-29-21)20-17(26-5)11-14(23-2)12-18(20)27-6;1-20-13-5-7-15(17(11-13)22-3)19(24-9-10-25-19)16-8-6-14(21-2)12-18(16)23-4;1-20-15-7-5-13(11-17(15)22-3)19(24-9-10-25-19)14-6-8-16(21-2)18(12-14)23-4;1-20-13-7-9-15(17(11-13)22-3)19(24-5,25-6)16-10-8-14(21-2)12-18(16)23-4;1-20-15-9-7-13(11-17(15)22-3)19(24-5,25-6)14-8-10-16(21-2)18(12-14)23-4/h9-12H,7-8H2,1-6H3;2*5-8,11-12H,9-10H2,1-4H3;2*7-12H,1-6H3. The van der Waals surface area contributed by atoms with Crippen LogP contribution in [0.15, 0.2) is 170 Å². The van der Waals surface area contributed by atoms with Crippen molar-refractivity contribution in [3.8, 4) is 126 Å². The Kier molecular flexibility index (Phi) is 36.4. The van der Waals surface area contributed by atoms with Crippen LogP contribution in [0.25, 0.3) is 0 Å². The number of hydrogen-bond donors (Lipinski definition) is 0. The number of methoxy groups -OCH3 is 26. The molecule has 3 heterocycles. The Morgan fingerprint density at radius 3 is 0.698 bits per heavy atom. The molecule has 0 amide bonds. The lowest BCUT2D eigenvalue weighted by Gasteiger charge is -2.34. The number of ether oxygens (including phenoxy) is 32. The molecule has 3 aliphatic heterocycles. The summed E-state index contributed by atoms with van der Waals surface area (Å²) in [6.07, 6.45) is 0. The van der Waals surface area contributed by atoms with Crippen LogP contribution in [0.5, 0.6) is 126 Å². The largest absolute Gasteiger partial charge is 0.497 e. The van der Waals surface area contributed by atoms with Crippen molar-refractivity contribution >= 4 is 0 Å². The highest BCUT2D eigenvalue weighted by Crippen LogP contribution is 2.56. The van der Waals surface area contributed by atoms with Crippen LogP contribution in [0, 0.1) is 0 Å². The molecule has 3 saturated heterocycles. The van der Waals surface area contributed by atoms with E-state index < -0.39 is 28.9 Å². The minimum atomic E-state index is -1.38. The first-order chi connectivity index (χ1) is 62.6. The van der Waals surface area contributed by atoms with Crippen molar-refractivity contribution in [2.75, 3.05) is 224 Å². The van der Waals surface area contributed by atoms with Gasteiger partial charge in [0, 0.05) is 99.2 Å². The van der Waals surface area contributed by atoms with E-state index >= 15 is 0 Å². The first-order valence-electron chi connectivity index (χ1n) is 40.1.